The summed E-state index contributed by atoms with van der Waals surface area (Å²) in [6.45, 7) is 11.8. The number of nitrogens with one attached hydrogen (secondary N) is 1. The smallest absolute Gasteiger partial charge is 0.402 e. The Bertz CT molecular complexity index is 381. The number of nitrogens with zero attached hydrogens (tertiary/aromatic N) is 1. The van der Waals surface area contributed by atoms with Gasteiger partial charge in [-0.1, -0.05) is 12.2 Å². The van der Waals surface area contributed by atoms with Crippen molar-refractivity contribution in [2.75, 3.05) is 6.54 Å². The van der Waals surface area contributed by atoms with Gasteiger partial charge in [0.25, 0.3) is 0 Å². The van der Waals surface area contributed by atoms with Crippen LogP contribution in [0.25, 0.3) is 0 Å². The highest BCUT2D eigenvalue weighted by molar-refractivity contribution is 6.48. The Balaban J connectivity index is 1.81. The van der Waals surface area contributed by atoms with Gasteiger partial charge in [-0.05, 0) is 41.0 Å². The first-order chi connectivity index (χ1) is 8.82. The minimum Gasteiger partial charge on any atom is -0.402 e. The van der Waals surface area contributed by atoms with Gasteiger partial charge in [-0.25, -0.2) is 0 Å². The van der Waals surface area contributed by atoms with Crippen molar-refractivity contribution in [1.82, 2.24) is 10.2 Å². The molecule has 1 unspecified atom stereocenters. The number of rotatable bonds is 1. The molecule has 0 aromatic rings. The van der Waals surface area contributed by atoms with E-state index in [1.165, 1.54) is 0 Å². The van der Waals surface area contributed by atoms with Crippen molar-refractivity contribution in [3.05, 3.63) is 12.2 Å². The Hall–Kier alpha value is -0.355. The molecule has 106 valence electrons. The van der Waals surface area contributed by atoms with E-state index in [1.54, 1.807) is 0 Å². The Morgan fingerprint density at radius 3 is 2.47 bits per heavy atom. The van der Waals surface area contributed by atoms with E-state index in [2.05, 4.69) is 57.0 Å². The molecule has 3 aliphatic rings. The van der Waals surface area contributed by atoms with Crippen molar-refractivity contribution in [3.63, 3.8) is 0 Å². The van der Waals surface area contributed by atoms with Gasteiger partial charge in [-0.3, -0.25) is 10.2 Å². The van der Waals surface area contributed by atoms with Crippen LogP contribution in [0.2, 0.25) is 0 Å². The Labute approximate surface area is 116 Å². The molecule has 2 saturated heterocycles. The van der Waals surface area contributed by atoms with Gasteiger partial charge in [-0.15, -0.1) is 0 Å². The monoisotopic (exact) mass is 264 g/mol. The predicted molar refractivity (Wildman–Crippen MR) is 76.7 cm³/mol. The van der Waals surface area contributed by atoms with Gasteiger partial charge in [0.1, 0.15) is 0 Å². The molecule has 0 radical (unpaired) electrons. The van der Waals surface area contributed by atoms with E-state index in [0.717, 1.165) is 13.0 Å². The van der Waals surface area contributed by atoms with Crippen molar-refractivity contribution >= 4 is 7.12 Å². The van der Waals surface area contributed by atoms with E-state index >= 15 is 0 Å². The zero-order valence-electron chi connectivity index (χ0n) is 12.6. The molecule has 5 heteroatoms. The molecule has 0 amide bonds. The first kappa shape index (κ1) is 13.6. The van der Waals surface area contributed by atoms with E-state index in [9.17, 15) is 0 Å². The second-order valence-electron chi connectivity index (χ2n) is 6.97. The third-order valence-corrected chi connectivity index (χ3v) is 5.11. The second kappa shape index (κ2) is 4.32. The summed E-state index contributed by atoms with van der Waals surface area (Å²) in [7, 11) is -0.149. The van der Waals surface area contributed by atoms with Gasteiger partial charge < -0.3 is 9.31 Å². The molecule has 2 fully saturated rings. The fraction of sp³-hybridized carbons (Fsp3) is 0.857. The standard InChI is InChI=1S/C14H25BN2O2/c1-10-12(17-9-7-6-8-11(17)16-10)15-18-13(2,3)14(4,5)19-15/h6,8,10-12,16H,7,9H2,1-5H3/t10-,11-,12?/m1/s1. The lowest BCUT2D eigenvalue weighted by atomic mass is 9.74. The van der Waals surface area contributed by atoms with Crippen LogP contribution in [0, 0.1) is 0 Å². The summed E-state index contributed by atoms with van der Waals surface area (Å²) in [4.78, 5) is 2.48. The Kier molecular flexibility index (Phi) is 3.10. The van der Waals surface area contributed by atoms with Crippen molar-refractivity contribution in [2.45, 2.75) is 70.4 Å². The molecule has 19 heavy (non-hydrogen) atoms. The highest BCUT2D eigenvalue weighted by Gasteiger charge is 2.58. The molecule has 0 spiro atoms. The van der Waals surface area contributed by atoms with E-state index in [0.29, 0.717) is 12.2 Å². The molecular weight excluding hydrogens is 239 g/mol. The minimum absolute atomic E-state index is 0.149. The van der Waals surface area contributed by atoms with Crippen LogP contribution in [-0.2, 0) is 9.31 Å². The van der Waals surface area contributed by atoms with Gasteiger partial charge in [0.05, 0.1) is 23.3 Å². The molecule has 3 heterocycles. The SMILES string of the molecule is C[C@H]1N[C@H]2C=CCCN2C1B1OC(C)(C)C(C)(C)O1. The van der Waals surface area contributed by atoms with E-state index in [1.807, 2.05) is 0 Å². The molecule has 0 aromatic carbocycles. The summed E-state index contributed by atoms with van der Waals surface area (Å²) in [6.07, 6.45) is 5.97. The first-order valence-electron chi connectivity index (χ1n) is 7.36. The molecule has 3 atom stereocenters. The van der Waals surface area contributed by atoms with Crippen LogP contribution in [0.4, 0.5) is 0 Å². The number of fused-ring (bicyclic) bond motifs is 1. The van der Waals surface area contributed by atoms with Gasteiger partial charge in [0.2, 0.25) is 0 Å². The third-order valence-electron chi connectivity index (χ3n) is 5.11. The summed E-state index contributed by atoms with van der Waals surface area (Å²) in [5.41, 5.74) is -0.498. The maximum atomic E-state index is 6.24. The molecule has 0 aromatic heterocycles. The van der Waals surface area contributed by atoms with E-state index in [4.69, 9.17) is 9.31 Å². The lowest BCUT2D eigenvalue weighted by Gasteiger charge is -2.32. The maximum Gasteiger partial charge on any atom is 0.477 e. The van der Waals surface area contributed by atoms with Crippen LogP contribution in [0.5, 0.6) is 0 Å². The summed E-state index contributed by atoms with van der Waals surface area (Å²) in [5, 5.41) is 3.62. The topological polar surface area (TPSA) is 33.7 Å². The maximum absolute atomic E-state index is 6.24. The molecule has 1 N–H and O–H groups in total. The predicted octanol–water partition coefficient (Wildman–Crippen LogP) is 1.57. The van der Waals surface area contributed by atoms with Crippen LogP contribution < -0.4 is 5.32 Å². The summed E-state index contributed by atoms with van der Waals surface area (Å²) >= 11 is 0. The zero-order chi connectivity index (χ0) is 13.8. The molecular formula is C14H25BN2O2. The minimum atomic E-state index is -0.249. The van der Waals surface area contributed by atoms with Crippen molar-refractivity contribution < 1.29 is 9.31 Å². The fourth-order valence-corrected chi connectivity index (χ4v) is 3.26. The molecule has 3 rings (SSSR count). The fourth-order valence-electron chi connectivity index (χ4n) is 3.26. The molecule has 0 aliphatic carbocycles. The third kappa shape index (κ3) is 2.07. The van der Waals surface area contributed by atoms with Crippen LogP contribution in [0.15, 0.2) is 12.2 Å². The number of hydrogen-bond donors (Lipinski definition) is 1. The lowest BCUT2D eigenvalue weighted by molar-refractivity contribution is 0.00578. The van der Waals surface area contributed by atoms with Crippen LogP contribution in [0.1, 0.15) is 41.0 Å². The molecule has 4 nitrogen and oxygen atoms in total. The summed E-state index contributed by atoms with van der Waals surface area (Å²) in [6, 6.07) is 0.377. The summed E-state index contributed by atoms with van der Waals surface area (Å²) < 4.78 is 12.5. The van der Waals surface area contributed by atoms with Crippen molar-refractivity contribution in [3.8, 4) is 0 Å². The van der Waals surface area contributed by atoms with Crippen molar-refractivity contribution in [2.24, 2.45) is 0 Å². The average Bonchev–Trinajstić information content (AvgIpc) is 2.72. The van der Waals surface area contributed by atoms with Gasteiger partial charge >= 0.3 is 7.12 Å². The van der Waals surface area contributed by atoms with E-state index < -0.39 is 0 Å². The molecule has 3 aliphatic heterocycles. The van der Waals surface area contributed by atoms with Crippen LogP contribution in [0.3, 0.4) is 0 Å². The highest BCUT2D eigenvalue weighted by atomic mass is 16.7. The van der Waals surface area contributed by atoms with Gasteiger partial charge in [-0.2, -0.15) is 0 Å². The first-order valence-corrected chi connectivity index (χ1v) is 7.36. The van der Waals surface area contributed by atoms with Gasteiger partial charge in [0.15, 0.2) is 0 Å². The summed E-state index contributed by atoms with van der Waals surface area (Å²) in [5.74, 6) is 0.288. The number of hydrogen-bond acceptors (Lipinski definition) is 4. The quantitative estimate of drug-likeness (QED) is 0.575. The molecule has 0 saturated carbocycles. The second-order valence-corrected chi connectivity index (χ2v) is 6.97. The van der Waals surface area contributed by atoms with Crippen molar-refractivity contribution in [1.29, 1.82) is 0 Å². The zero-order valence-corrected chi connectivity index (χ0v) is 12.6. The lowest BCUT2D eigenvalue weighted by Crippen LogP contribution is -2.51. The largest absolute Gasteiger partial charge is 0.477 e. The molecule has 0 bridgehead atoms. The Morgan fingerprint density at radius 1 is 1.21 bits per heavy atom. The van der Waals surface area contributed by atoms with E-state index in [-0.39, 0.29) is 24.3 Å². The normalized spacial score (nSPS) is 40.7. The van der Waals surface area contributed by atoms with Gasteiger partial charge in [0, 0.05) is 12.6 Å². The highest BCUT2D eigenvalue weighted by Crippen LogP contribution is 2.40. The average molecular weight is 264 g/mol. The Morgan fingerprint density at radius 2 is 1.84 bits per heavy atom. The van der Waals surface area contributed by atoms with Crippen LogP contribution >= 0.6 is 0 Å². The van der Waals surface area contributed by atoms with Crippen LogP contribution in [-0.4, -0.2) is 47.9 Å².